The predicted molar refractivity (Wildman–Crippen MR) is 38.5 cm³/mol. The van der Waals surface area contributed by atoms with Crippen molar-refractivity contribution in [1.82, 2.24) is 4.98 Å². The minimum Gasteiger partial charge on any atom is -0.444 e. The molecule has 0 bridgehead atoms. The Morgan fingerprint density at radius 2 is 2.30 bits per heavy atom. The van der Waals surface area contributed by atoms with Gasteiger partial charge in [0.2, 0.25) is 0 Å². The van der Waals surface area contributed by atoms with E-state index in [0.717, 1.165) is 17.9 Å². The Morgan fingerprint density at radius 3 is 2.70 bits per heavy atom. The first kappa shape index (κ1) is 7.28. The van der Waals surface area contributed by atoms with Gasteiger partial charge < -0.3 is 10.2 Å². The highest BCUT2D eigenvalue weighted by Crippen LogP contribution is 2.09. The lowest BCUT2D eigenvalue weighted by molar-refractivity contribution is 0.475. The quantitative estimate of drug-likeness (QED) is 0.666. The maximum Gasteiger partial charge on any atom is 0.191 e. The van der Waals surface area contributed by atoms with Gasteiger partial charge in [-0.1, -0.05) is 6.92 Å². The van der Waals surface area contributed by atoms with E-state index in [1.807, 2.05) is 13.8 Å². The van der Waals surface area contributed by atoms with Crippen molar-refractivity contribution < 1.29 is 4.42 Å². The fraction of sp³-hybridized carbons (Fsp3) is 0.571. The van der Waals surface area contributed by atoms with E-state index in [2.05, 4.69) is 4.98 Å². The summed E-state index contributed by atoms with van der Waals surface area (Å²) in [6, 6.07) is 0. The van der Waals surface area contributed by atoms with Crippen LogP contribution in [0.2, 0.25) is 0 Å². The van der Waals surface area contributed by atoms with Gasteiger partial charge in [0.1, 0.15) is 5.76 Å². The van der Waals surface area contributed by atoms with Gasteiger partial charge in [-0.05, 0) is 6.42 Å². The summed E-state index contributed by atoms with van der Waals surface area (Å²) in [6.07, 6.45) is 0.893. The Morgan fingerprint density at radius 1 is 1.60 bits per heavy atom. The Kier molecular flexibility index (Phi) is 2.06. The summed E-state index contributed by atoms with van der Waals surface area (Å²) in [5.41, 5.74) is 6.39. The topological polar surface area (TPSA) is 52.0 Å². The number of hydrogen-bond acceptors (Lipinski definition) is 3. The third-order valence-electron chi connectivity index (χ3n) is 1.41. The molecule has 0 aromatic carbocycles. The van der Waals surface area contributed by atoms with Crippen LogP contribution in [0.1, 0.15) is 24.3 Å². The summed E-state index contributed by atoms with van der Waals surface area (Å²) in [6.45, 7) is 4.32. The van der Waals surface area contributed by atoms with Crippen LogP contribution < -0.4 is 5.73 Å². The van der Waals surface area contributed by atoms with Gasteiger partial charge in [0.05, 0.1) is 12.2 Å². The van der Waals surface area contributed by atoms with Crippen molar-refractivity contribution in [3.05, 3.63) is 17.3 Å². The molecule has 1 heterocycles. The number of aromatic nitrogens is 1. The molecule has 0 radical (unpaired) electrons. The monoisotopic (exact) mass is 140 g/mol. The lowest BCUT2D eigenvalue weighted by Gasteiger charge is -1.89. The largest absolute Gasteiger partial charge is 0.444 e. The molecule has 3 nitrogen and oxygen atoms in total. The number of oxazole rings is 1. The lowest BCUT2D eigenvalue weighted by atomic mass is 10.3. The van der Waals surface area contributed by atoms with Gasteiger partial charge >= 0.3 is 0 Å². The Labute approximate surface area is 60.2 Å². The smallest absolute Gasteiger partial charge is 0.191 e. The van der Waals surface area contributed by atoms with Gasteiger partial charge in [-0.25, -0.2) is 4.98 Å². The van der Waals surface area contributed by atoms with E-state index in [-0.39, 0.29) is 0 Å². The minimum absolute atomic E-state index is 0.448. The first-order chi connectivity index (χ1) is 4.77. The molecule has 0 saturated carbocycles. The average Bonchev–Trinajstić information content (AvgIpc) is 2.30. The van der Waals surface area contributed by atoms with E-state index in [9.17, 15) is 0 Å². The molecule has 0 aliphatic rings. The molecule has 2 N–H and O–H groups in total. The molecule has 0 aliphatic carbocycles. The molecule has 10 heavy (non-hydrogen) atoms. The first-order valence-electron chi connectivity index (χ1n) is 3.43. The number of rotatable bonds is 2. The highest BCUT2D eigenvalue weighted by Gasteiger charge is 2.05. The van der Waals surface area contributed by atoms with E-state index in [0.29, 0.717) is 12.4 Å². The summed E-state index contributed by atoms with van der Waals surface area (Å²) in [7, 11) is 0. The second kappa shape index (κ2) is 2.84. The van der Waals surface area contributed by atoms with E-state index >= 15 is 0 Å². The van der Waals surface area contributed by atoms with E-state index in [4.69, 9.17) is 10.2 Å². The van der Waals surface area contributed by atoms with E-state index in [1.54, 1.807) is 0 Å². The second-order valence-electron chi connectivity index (χ2n) is 2.16. The zero-order valence-corrected chi connectivity index (χ0v) is 6.35. The van der Waals surface area contributed by atoms with Crippen molar-refractivity contribution in [2.75, 3.05) is 0 Å². The summed E-state index contributed by atoms with van der Waals surface area (Å²) in [4.78, 5) is 4.15. The highest BCUT2D eigenvalue weighted by molar-refractivity contribution is 5.08. The molecule has 0 unspecified atom stereocenters. The van der Waals surface area contributed by atoms with Gasteiger partial charge in [0.25, 0.3) is 0 Å². The van der Waals surface area contributed by atoms with Crippen LogP contribution in [0.25, 0.3) is 0 Å². The van der Waals surface area contributed by atoms with Crippen LogP contribution in [-0.2, 0) is 13.0 Å². The molecule has 0 amide bonds. The lowest BCUT2D eigenvalue weighted by Crippen LogP contribution is -1.97. The van der Waals surface area contributed by atoms with E-state index < -0.39 is 0 Å². The SMILES string of the molecule is CCc1nc(C)oc1CN. The minimum atomic E-state index is 0.448. The average molecular weight is 140 g/mol. The molecule has 3 heteroatoms. The van der Waals surface area contributed by atoms with Gasteiger partial charge in [-0.3, -0.25) is 0 Å². The number of aryl methyl sites for hydroxylation is 2. The Hall–Kier alpha value is -0.830. The molecular weight excluding hydrogens is 128 g/mol. The van der Waals surface area contributed by atoms with Crippen LogP contribution in [0.3, 0.4) is 0 Å². The molecule has 0 saturated heterocycles. The number of nitrogens with two attached hydrogens (primary N) is 1. The molecule has 1 aromatic rings. The third kappa shape index (κ3) is 1.19. The van der Waals surface area contributed by atoms with Gasteiger partial charge in [-0.2, -0.15) is 0 Å². The maximum absolute atomic E-state index is 5.41. The van der Waals surface area contributed by atoms with Crippen LogP contribution in [0, 0.1) is 6.92 Å². The van der Waals surface area contributed by atoms with Crippen molar-refractivity contribution in [2.24, 2.45) is 5.73 Å². The normalized spacial score (nSPS) is 10.3. The van der Waals surface area contributed by atoms with Gasteiger partial charge in [-0.15, -0.1) is 0 Å². The molecule has 56 valence electrons. The van der Waals surface area contributed by atoms with Crippen molar-refractivity contribution in [3.8, 4) is 0 Å². The van der Waals surface area contributed by atoms with Crippen molar-refractivity contribution >= 4 is 0 Å². The first-order valence-corrected chi connectivity index (χ1v) is 3.43. The second-order valence-corrected chi connectivity index (χ2v) is 2.16. The summed E-state index contributed by atoms with van der Waals surface area (Å²) in [5.74, 6) is 1.53. The van der Waals surface area contributed by atoms with Crippen LogP contribution in [0.15, 0.2) is 4.42 Å². The van der Waals surface area contributed by atoms with Gasteiger partial charge in [0.15, 0.2) is 5.89 Å². The summed E-state index contributed by atoms with van der Waals surface area (Å²) in [5, 5.41) is 0. The van der Waals surface area contributed by atoms with Crippen molar-refractivity contribution in [1.29, 1.82) is 0 Å². The summed E-state index contributed by atoms with van der Waals surface area (Å²) >= 11 is 0. The fourth-order valence-corrected chi connectivity index (χ4v) is 0.948. The Bertz CT molecular complexity index is 196. The zero-order chi connectivity index (χ0) is 7.56. The van der Waals surface area contributed by atoms with Crippen molar-refractivity contribution in [2.45, 2.75) is 26.8 Å². The molecule has 1 rings (SSSR count). The molecule has 0 atom stereocenters. The van der Waals surface area contributed by atoms with Crippen LogP contribution >= 0.6 is 0 Å². The van der Waals surface area contributed by atoms with Crippen LogP contribution in [0.4, 0.5) is 0 Å². The summed E-state index contributed by atoms with van der Waals surface area (Å²) < 4.78 is 5.22. The zero-order valence-electron chi connectivity index (χ0n) is 6.35. The predicted octanol–water partition coefficient (Wildman–Crippen LogP) is 1.00. The fourth-order valence-electron chi connectivity index (χ4n) is 0.948. The van der Waals surface area contributed by atoms with Crippen LogP contribution in [0.5, 0.6) is 0 Å². The van der Waals surface area contributed by atoms with Crippen LogP contribution in [-0.4, -0.2) is 4.98 Å². The van der Waals surface area contributed by atoms with E-state index in [1.165, 1.54) is 0 Å². The Balaban J connectivity index is 2.96. The number of hydrogen-bond donors (Lipinski definition) is 1. The molecular formula is C7H12N2O. The molecule has 0 aliphatic heterocycles. The van der Waals surface area contributed by atoms with Gasteiger partial charge in [0, 0.05) is 6.92 Å². The number of nitrogens with zero attached hydrogens (tertiary/aromatic N) is 1. The highest BCUT2D eigenvalue weighted by atomic mass is 16.4. The van der Waals surface area contributed by atoms with Crippen molar-refractivity contribution in [3.63, 3.8) is 0 Å². The molecule has 0 spiro atoms. The molecule has 1 aromatic heterocycles. The maximum atomic E-state index is 5.41. The standard InChI is InChI=1S/C7H12N2O/c1-3-6-7(4-8)10-5(2)9-6/h3-4,8H2,1-2H3. The molecule has 0 fully saturated rings. The third-order valence-corrected chi connectivity index (χ3v) is 1.41.